The Bertz CT molecular complexity index is 786. The molecular formula is C15H18N6OS. The highest BCUT2D eigenvalue weighted by atomic mass is 32.1. The highest BCUT2D eigenvalue weighted by Gasteiger charge is 2.24. The van der Waals surface area contributed by atoms with E-state index in [9.17, 15) is 4.79 Å². The van der Waals surface area contributed by atoms with Crippen molar-refractivity contribution in [3.63, 3.8) is 0 Å². The summed E-state index contributed by atoms with van der Waals surface area (Å²) in [5, 5.41) is 17.1. The molecule has 1 N–H and O–H groups in total. The summed E-state index contributed by atoms with van der Waals surface area (Å²) in [5.41, 5.74) is 2.20. The van der Waals surface area contributed by atoms with E-state index in [1.54, 1.807) is 27.0 Å². The molecule has 0 spiro atoms. The molecule has 0 saturated heterocycles. The van der Waals surface area contributed by atoms with Gasteiger partial charge in [-0.2, -0.15) is 10.4 Å². The predicted octanol–water partition coefficient (Wildman–Crippen LogP) is 2.11. The predicted molar refractivity (Wildman–Crippen MR) is 85.9 cm³/mol. The van der Waals surface area contributed by atoms with Crippen LogP contribution in [0.25, 0.3) is 0 Å². The average molecular weight is 330 g/mol. The summed E-state index contributed by atoms with van der Waals surface area (Å²) >= 11 is 1.64. The van der Waals surface area contributed by atoms with Crippen LogP contribution in [0.2, 0.25) is 0 Å². The van der Waals surface area contributed by atoms with Crippen LogP contribution in [0.3, 0.4) is 0 Å². The van der Waals surface area contributed by atoms with Gasteiger partial charge in [-0.1, -0.05) is 0 Å². The van der Waals surface area contributed by atoms with Crippen LogP contribution in [0.15, 0.2) is 6.07 Å². The standard InChI is InChI=1S/C15H18N6OS/c1-9(14-10(2)23-11(3)18-14)17-15(22)20-4-5-21-13(8-20)6-12(7-16)19-21/h6,9H,4-5,8H2,1-3H3,(H,17,22)/t9-/m0/s1. The van der Waals surface area contributed by atoms with Gasteiger partial charge in [-0.05, 0) is 26.8 Å². The molecule has 0 saturated carbocycles. The zero-order valence-corrected chi connectivity index (χ0v) is 14.1. The number of nitrogens with zero attached hydrogens (tertiary/aromatic N) is 5. The topological polar surface area (TPSA) is 86.8 Å². The number of aryl methyl sites for hydroxylation is 2. The van der Waals surface area contributed by atoms with E-state index >= 15 is 0 Å². The number of carbonyl (C=O) groups is 1. The van der Waals surface area contributed by atoms with E-state index in [1.165, 1.54) is 0 Å². The number of carbonyl (C=O) groups excluding carboxylic acids is 1. The summed E-state index contributed by atoms with van der Waals surface area (Å²) in [7, 11) is 0. The number of thiazole rings is 1. The first-order valence-electron chi connectivity index (χ1n) is 7.44. The fourth-order valence-corrected chi connectivity index (χ4v) is 3.70. The molecule has 0 fully saturated rings. The highest BCUT2D eigenvalue weighted by Crippen LogP contribution is 2.23. The van der Waals surface area contributed by atoms with Crippen LogP contribution in [0.5, 0.6) is 0 Å². The lowest BCUT2D eigenvalue weighted by Crippen LogP contribution is -2.45. The quantitative estimate of drug-likeness (QED) is 0.913. The molecule has 0 aliphatic carbocycles. The maximum absolute atomic E-state index is 12.5. The van der Waals surface area contributed by atoms with Gasteiger partial charge in [0.2, 0.25) is 0 Å². The zero-order valence-electron chi connectivity index (χ0n) is 13.3. The van der Waals surface area contributed by atoms with Gasteiger partial charge in [-0.25, -0.2) is 9.78 Å². The van der Waals surface area contributed by atoms with E-state index in [0.29, 0.717) is 25.3 Å². The summed E-state index contributed by atoms with van der Waals surface area (Å²) in [4.78, 5) is 19.8. The van der Waals surface area contributed by atoms with Gasteiger partial charge in [0.05, 0.1) is 35.5 Å². The summed E-state index contributed by atoms with van der Waals surface area (Å²) in [6.07, 6.45) is 0. The SMILES string of the molecule is Cc1nc([C@H](C)NC(=O)N2CCn3nc(C#N)cc3C2)c(C)s1. The Morgan fingerprint density at radius 2 is 2.26 bits per heavy atom. The van der Waals surface area contributed by atoms with Crippen molar-refractivity contribution in [1.82, 2.24) is 25.0 Å². The third-order valence-electron chi connectivity index (χ3n) is 3.89. The fraction of sp³-hybridized carbons (Fsp3) is 0.467. The lowest BCUT2D eigenvalue weighted by Gasteiger charge is -2.29. The molecule has 2 aromatic rings. The number of rotatable bonds is 2. The number of aromatic nitrogens is 3. The minimum Gasteiger partial charge on any atom is -0.330 e. The first kappa shape index (κ1) is 15.5. The minimum atomic E-state index is -0.131. The molecule has 2 aromatic heterocycles. The van der Waals surface area contributed by atoms with Crippen LogP contribution in [-0.2, 0) is 13.1 Å². The first-order valence-corrected chi connectivity index (χ1v) is 8.25. The van der Waals surface area contributed by atoms with E-state index in [2.05, 4.69) is 15.4 Å². The smallest absolute Gasteiger partial charge is 0.318 e. The van der Waals surface area contributed by atoms with E-state index in [-0.39, 0.29) is 12.1 Å². The van der Waals surface area contributed by atoms with Gasteiger partial charge in [0.15, 0.2) is 5.69 Å². The third-order valence-corrected chi connectivity index (χ3v) is 4.79. The Hall–Kier alpha value is -2.40. The molecule has 2 amide bonds. The highest BCUT2D eigenvalue weighted by molar-refractivity contribution is 7.11. The Kier molecular flexibility index (Phi) is 4.05. The summed E-state index contributed by atoms with van der Waals surface area (Å²) in [5.74, 6) is 0. The van der Waals surface area contributed by atoms with Crippen LogP contribution in [0.4, 0.5) is 4.79 Å². The normalized spacial score (nSPS) is 15.0. The minimum absolute atomic E-state index is 0.117. The van der Waals surface area contributed by atoms with E-state index in [0.717, 1.165) is 21.3 Å². The number of amides is 2. The zero-order chi connectivity index (χ0) is 16.6. The monoisotopic (exact) mass is 330 g/mol. The maximum atomic E-state index is 12.5. The molecule has 1 aliphatic rings. The number of fused-ring (bicyclic) bond motifs is 1. The second kappa shape index (κ2) is 6.01. The van der Waals surface area contributed by atoms with Crippen molar-refractivity contribution in [2.24, 2.45) is 0 Å². The number of urea groups is 1. The Labute approximate surface area is 138 Å². The van der Waals surface area contributed by atoms with Crippen molar-refractivity contribution in [2.45, 2.75) is 39.9 Å². The second-order valence-electron chi connectivity index (χ2n) is 5.62. The van der Waals surface area contributed by atoms with Gasteiger partial charge in [-0.15, -0.1) is 11.3 Å². The van der Waals surface area contributed by atoms with Gasteiger partial charge in [0.1, 0.15) is 6.07 Å². The molecule has 0 radical (unpaired) electrons. The number of hydrogen-bond acceptors (Lipinski definition) is 5. The molecule has 120 valence electrons. The van der Waals surface area contributed by atoms with Crippen molar-refractivity contribution in [3.05, 3.63) is 33.0 Å². The number of nitrogens with one attached hydrogen (secondary N) is 1. The van der Waals surface area contributed by atoms with Crippen LogP contribution in [0.1, 0.15) is 39.9 Å². The molecule has 0 unspecified atom stereocenters. The first-order chi connectivity index (χ1) is 11.0. The average Bonchev–Trinajstić information content (AvgIpc) is 3.08. The molecule has 3 heterocycles. The summed E-state index contributed by atoms with van der Waals surface area (Å²) < 4.78 is 1.79. The molecule has 1 aliphatic heterocycles. The Morgan fingerprint density at radius 3 is 2.91 bits per heavy atom. The lowest BCUT2D eigenvalue weighted by atomic mass is 10.2. The Morgan fingerprint density at radius 1 is 1.48 bits per heavy atom. The molecule has 3 rings (SSSR count). The van der Waals surface area contributed by atoms with E-state index in [1.807, 2.05) is 26.8 Å². The van der Waals surface area contributed by atoms with E-state index < -0.39 is 0 Å². The molecule has 1 atom stereocenters. The van der Waals surface area contributed by atoms with Crippen molar-refractivity contribution >= 4 is 17.4 Å². The van der Waals surface area contributed by atoms with Gasteiger partial charge >= 0.3 is 6.03 Å². The molecular weight excluding hydrogens is 312 g/mol. The van der Waals surface area contributed by atoms with E-state index in [4.69, 9.17) is 5.26 Å². The lowest BCUT2D eigenvalue weighted by molar-refractivity contribution is 0.178. The van der Waals surface area contributed by atoms with Crippen LogP contribution in [-0.4, -0.2) is 32.2 Å². The Balaban J connectivity index is 1.67. The molecule has 7 nitrogen and oxygen atoms in total. The number of hydrogen-bond donors (Lipinski definition) is 1. The molecule has 0 bridgehead atoms. The van der Waals surface area contributed by atoms with Crippen molar-refractivity contribution in [3.8, 4) is 6.07 Å². The van der Waals surface area contributed by atoms with Gasteiger partial charge in [-0.3, -0.25) is 4.68 Å². The third kappa shape index (κ3) is 3.05. The summed E-state index contributed by atoms with van der Waals surface area (Å²) in [6, 6.07) is 3.52. The fourth-order valence-electron chi connectivity index (χ4n) is 2.79. The van der Waals surface area contributed by atoms with Gasteiger partial charge in [0.25, 0.3) is 0 Å². The van der Waals surface area contributed by atoms with Gasteiger partial charge in [0, 0.05) is 11.4 Å². The molecule has 23 heavy (non-hydrogen) atoms. The van der Waals surface area contributed by atoms with Crippen molar-refractivity contribution in [1.29, 1.82) is 5.26 Å². The largest absolute Gasteiger partial charge is 0.330 e. The maximum Gasteiger partial charge on any atom is 0.318 e. The van der Waals surface area contributed by atoms with Crippen LogP contribution >= 0.6 is 11.3 Å². The van der Waals surface area contributed by atoms with Gasteiger partial charge < -0.3 is 10.2 Å². The molecule has 0 aromatic carbocycles. The van der Waals surface area contributed by atoms with Crippen molar-refractivity contribution in [2.75, 3.05) is 6.54 Å². The summed E-state index contributed by atoms with van der Waals surface area (Å²) in [6.45, 7) is 7.57. The number of nitriles is 1. The van der Waals surface area contributed by atoms with Crippen LogP contribution < -0.4 is 5.32 Å². The molecule has 8 heteroatoms. The van der Waals surface area contributed by atoms with Crippen LogP contribution in [0, 0.1) is 25.2 Å². The second-order valence-corrected chi connectivity index (χ2v) is 7.03. The van der Waals surface area contributed by atoms with Crippen molar-refractivity contribution < 1.29 is 4.79 Å².